The molecule has 0 unspecified atom stereocenters. The standard InChI is InChI=1S/C20H23N5/c1-13-8-9-22-12-18(13)14-2-7-19-15(10-14)11-23-20(25-19)24-17-5-3-16(21)4-6-17/h2,7-12,16-17H,3-6,21H2,1H3,(H,23,24,25)/t16-,17-. The number of rotatable bonds is 3. The molecule has 1 aromatic carbocycles. The zero-order valence-electron chi connectivity index (χ0n) is 14.4. The molecule has 3 aromatic rings. The number of fused-ring (bicyclic) bond motifs is 1. The van der Waals surface area contributed by atoms with E-state index < -0.39 is 0 Å². The van der Waals surface area contributed by atoms with Crippen molar-refractivity contribution in [2.24, 2.45) is 5.73 Å². The number of hydrogen-bond donors (Lipinski definition) is 2. The summed E-state index contributed by atoms with van der Waals surface area (Å²) in [7, 11) is 0. The van der Waals surface area contributed by atoms with Crippen molar-refractivity contribution in [1.29, 1.82) is 0 Å². The average Bonchev–Trinajstić information content (AvgIpc) is 2.64. The molecule has 25 heavy (non-hydrogen) atoms. The van der Waals surface area contributed by atoms with Gasteiger partial charge >= 0.3 is 0 Å². The summed E-state index contributed by atoms with van der Waals surface area (Å²) < 4.78 is 0. The molecule has 1 aliphatic carbocycles. The van der Waals surface area contributed by atoms with Crippen LogP contribution in [0.2, 0.25) is 0 Å². The largest absolute Gasteiger partial charge is 0.351 e. The van der Waals surface area contributed by atoms with Crippen molar-refractivity contribution in [3.05, 3.63) is 48.4 Å². The molecular formula is C20H23N5. The van der Waals surface area contributed by atoms with Crippen molar-refractivity contribution in [3.8, 4) is 11.1 Å². The zero-order chi connectivity index (χ0) is 17.2. The Morgan fingerprint density at radius 3 is 2.72 bits per heavy atom. The van der Waals surface area contributed by atoms with Crippen LogP contribution in [0.4, 0.5) is 5.95 Å². The van der Waals surface area contributed by atoms with Crippen LogP contribution in [-0.2, 0) is 0 Å². The van der Waals surface area contributed by atoms with Crippen LogP contribution in [0, 0.1) is 6.92 Å². The average molecular weight is 333 g/mol. The molecule has 3 N–H and O–H groups in total. The van der Waals surface area contributed by atoms with E-state index in [0.717, 1.165) is 47.7 Å². The third-order valence-corrected chi connectivity index (χ3v) is 5.03. The van der Waals surface area contributed by atoms with Crippen LogP contribution < -0.4 is 11.1 Å². The van der Waals surface area contributed by atoms with Gasteiger partial charge in [-0.3, -0.25) is 4.98 Å². The first kappa shape index (κ1) is 16.0. The Labute approximate surface area is 147 Å². The Morgan fingerprint density at radius 1 is 1.08 bits per heavy atom. The van der Waals surface area contributed by atoms with Crippen molar-refractivity contribution in [1.82, 2.24) is 15.0 Å². The van der Waals surface area contributed by atoms with Crippen LogP contribution in [0.25, 0.3) is 22.0 Å². The summed E-state index contributed by atoms with van der Waals surface area (Å²) in [4.78, 5) is 13.4. The van der Waals surface area contributed by atoms with E-state index >= 15 is 0 Å². The number of anilines is 1. The number of nitrogens with one attached hydrogen (secondary N) is 1. The van der Waals surface area contributed by atoms with Crippen LogP contribution in [0.15, 0.2) is 42.9 Å². The number of pyridine rings is 1. The number of nitrogens with two attached hydrogens (primary N) is 1. The molecule has 0 amide bonds. The van der Waals surface area contributed by atoms with Crippen LogP contribution in [0.1, 0.15) is 31.2 Å². The monoisotopic (exact) mass is 333 g/mol. The second-order valence-electron chi connectivity index (χ2n) is 6.91. The third-order valence-electron chi connectivity index (χ3n) is 5.03. The summed E-state index contributed by atoms with van der Waals surface area (Å²) in [5.74, 6) is 0.707. The first-order valence-electron chi connectivity index (χ1n) is 8.89. The summed E-state index contributed by atoms with van der Waals surface area (Å²) >= 11 is 0. The molecule has 0 bridgehead atoms. The highest BCUT2D eigenvalue weighted by Gasteiger charge is 2.19. The highest BCUT2D eigenvalue weighted by atomic mass is 15.1. The first-order chi connectivity index (χ1) is 12.2. The van der Waals surface area contributed by atoms with E-state index in [1.54, 1.807) is 0 Å². The summed E-state index contributed by atoms with van der Waals surface area (Å²) in [5, 5.41) is 4.50. The number of aryl methyl sites for hydroxylation is 1. The maximum atomic E-state index is 5.97. The summed E-state index contributed by atoms with van der Waals surface area (Å²) in [5.41, 5.74) is 10.4. The Balaban J connectivity index is 1.58. The lowest BCUT2D eigenvalue weighted by Gasteiger charge is -2.26. The number of aromatic nitrogens is 3. The van der Waals surface area contributed by atoms with Gasteiger partial charge in [-0.2, -0.15) is 0 Å². The van der Waals surface area contributed by atoms with Crippen LogP contribution in [0.5, 0.6) is 0 Å². The summed E-state index contributed by atoms with van der Waals surface area (Å²) in [6.07, 6.45) is 9.93. The fourth-order valence-corrected chi connectivity index (χ4v) is 3.48. The number of hydrogen-bond acceptors (Lipinski definition) is 5. The van der Waals surface area contributed by atoms with E-state index in [2.05, 4.69) is 45.4 Å². The molecule has 5 heteroatoms. The Bertz CT molecular complexity index is 884. The van der Waals surface area contributed by atoms with Gasteiger partial charge in [-0.25, -0.2) is 9.97 Å². The van der Waals surface area contributed by atoms with Crippen molar-refractivity contribution in [2.45, 2.75) is 44.7 Å². The topological polar surface area (TPSA) is 76.7 Å². The Kier molecular flexibility index (Phi) is 4.32. The molecule has 0 saturated heterocycles. The zero-order valence-corrected chi connectivity index (χ0v) is 14.4. The second-order valence-corrected chi connectivity index (χ2v) is 6.91. The maximum absolute atomic E-state index is 5.97. The fraction of sp³-hybridized carbons (Fsp3) is 0.350. The van der Waals surface area contributed by atoms with Crippen molar-refractivity contribution < 1.29 is 0 Å². The third kappa shape index (κ3) is 3.46. The molecule has 0 aliphatic heterocycles. The first-order valence-corrected chi connectivity index (χ1v) is 8.89. The lowest BCUT2D eigenvalue weighted by Crippen LogP contribution is -2.33. The predicted octanol–water partition coefficient (Wildman–Crippen LogP) is 3.68. The quantitative estimate of drug-likeness (QED) is 0.764. The molecule has 0 radical (unpaired) electrons. The second kappa shape index (κ2) is 6.76. The predicted molar refractivity (Wildman–Crippen MR) is 101 cm³/mol. The highest BCUT2D eigenvalue weighted by molar-refractivity contribution is 5.85. The molecule has 1 fully saturated rings. The van der Waals surface area contributed by atoms with Crippen molar-refractivity contribution in [3.63, 3.8) is 0 Å². The lowest BCUT2D eigenvalue weighted by molar-refractivity contribution is 0.410. The molecule has 128 valence electrons. The van der Waals surface area contributed by atoms with Gasteiger partial charge in [0.15, 0.2) is 0 Å². The molecule has 2 heterocycles. The number of benzene rings is 1. The van der Waals surface area contributed by atoms with E-state index in [1.165, 1.54) is 5.56 Å². The van der Waals surface area contributed by atoms with E-state index in [9.17, 15) is 0 Å². The summed E-state index contributed by atoms with van der Waals surface area (Å²) in [6.45, 7) is 2.10. The fourth-order valence-electron chi connectivity index (χ4n) is 3.48. The SMILES string of the molecule is Cc1ccncc1-c1ccc2nc(N[C@H]3CC[C@H](N)CC3)ncc2c1. The van der Waals surface area contributed by atoms with Crippen LogP contribution >= 0.6 is 0 Å². The Hall–Kier alpha value is -2.53. The van der Waals surface area contributed by atoms with Gasteiger partial charge in [-0.05, 0) is 61.9 Å². The number of nitrogens with zero attached hydrogens (tertiary/aromatic N) is 3. The van der Waals surface area contributed by atoms with E-state index in [-0.39, 0.29) is 0 Å². The molecule has 4 rings (SSSR count). The maximum Gasteiger partial charge on any atom is 0.223 e. The minimum absolute atomic E-state index is 0.352. The molecule has 0 spiro atoms. The van der Waals surface area contributed by atoms with E-state index in [4.69, 9.17) is 5.73 Å². The molecule has 1 saturated carbocycles. The lowest BCUT2D eigenvalue weighted by atomic mass is 9.92. The Morgan fingerprint density at radius 2 is 1.92 bits per heavy atom. The van der Waals surface area contributed by atoms with Gasteiger partial charge in [0.05, 0.1) is 5.52 Å². The minimum atomic E-state index is 0.352. The minimum Gasteiger partial charge on any atom is -0.351 e. The van der Waals surface area contributed by atoms with Gasteiger partial charge in [-0.15, -0.1) is 0 Å². The van der Waals surface area contributed by atoms with Crippen molar-refractivity contribution in [2.75, 3.05) is 5.32 Å². The van der Waals surface area contributed by atoms with E-state index in [0.29, 0.717) is 18.0 Å². The smallest absolute Gasteiger partial charge is 0.223 e. The van der Waals surface area contributed by atoms with Crippen LogP contribution in [0.3, 0.4) is 0 Å². The van der Waals surface area contributed by atoms with Gasteiger partial charge in [0, 0.05) is 41.6 Å². The van der Waals surface area contributed by atoms with Gasteiger partial charge in [-0.1, -0.05) is 6.07 Å². The molecule has 0 atom stereocenters. The summed E-state index contributed by atoms with van der Waals surface area (Å²) in [6, 6.07) is 9.09. The van der Waals surface area contributed by atoms with E-state index in [1.807, 2.05) is 24.7 Å². The normalized spacial score (nSPS) is 20.6. The molecule has 5 nitrogen and oxygen atoms in total. The molecular weight excluding hydrogens is 310 g/mol. The van der Waals surface area contributed by atoms with Crippen LogP contribution in [-0.4, -0.2) is 27.0 Å². The van der Waals surface area contributed by atoms with Gasteiger partial charge in [0.25, 0.3) is 0 Å². The molecule has 1 aliphatic rings. The van der Waals surface area contributed by atoms with Crippen molar-refractivity contribution >= 4 is 16.9 Å². The molecule has 2 aromatic heterocycles. The van der Waals surface area contributed by atoms with Gasteiger partial charge in [0.2, 0.25) is 5.95 Å². The van der Waals surface area contributed by atoms with Gasteiger partial charge < -0.3 is 11.1 Å². The van der Waals surface area contributed by atoms with Gasteiger partial charge in [0.1, 0.15) is 0 Å². The highest BCUT2D eigenvalue weighted by Crippen LogP contribution is 2.26.